The second kappa shape index (κ2) is 5.61. The van der Waals surface area contributed by atoms with Gasteiger partial charge in [0.15, 0.2) is 0 Å². The lowest BCUT2D eigenvalue weighted by atomic mass is 10.0. The van der Waals surface area contributed by atoms with Crippen LogP contribution in [-0.4, -0.2) is 0 Å². The third-order valence-corrected chi connectivity index (χ3v) is 3.57. The molecule has 0 spiro atoms. The predicted molar refractivity (Wildman–Crippen MR) is 84.2 cm³/mol. The van der Waals surface area contributed by atoms with Gasteiger partial charge in [-0.1, -0.05) is 26.0 Å². The first kappa shape index (κ1) is 13.2. The maximum atomic E-state index is 5.84. The highest BCUT2D eigenvalue weighted by Crippen LogP contribution is 2.29. The summed E-state index contributed by atoms with van der Waals surface area (Å²) in [5.74, 6) is 2.22. The molecule has 3 heteroatoms. The van der Waals surface area contributed by atoms with Crippen molar-refractivity contribution in [1.29, 1.82) is 0 Å². The number of nitrogen functional groups attached to an aromatic ring is 1. The lowest BCUT2D eigenvalue weighted by Crippen LogP contribution is -1.91. The third kappa shape index (κ3) is 3.16. The van der Waals surface area contributed by atoms with Crippen LogP contribution in [-0.2, 0) is 0 Å². The van der Waals surface area contributed by atoms with E-state index in [-0.39, 0.29) is 0 Å². The zero-order valence-corrected chi connectivity index (χ0v) is 12.6. The summed E-state index contributed by atoms with van der Waals surface area (Å²) in [4.78, 5) is 0. The summed E-state index contributed by atoms with van der Waals surface area (Å²) < 4.78 is 6.85. The van der Waals surface area contributed by atoms with Crippen LogP contribution in [0.3, 0.4) is 0 Å². The highest BCUT2D eigenvalue weighted by atomic mass is 127. The van der Waals surface area contributed by atoms with Crippen molar-refractivity contribution >= 4 is 28.3 Å². The van der Waals surface area contributed by atoms with Gasteiger partial charge in [0, 0.05) is 5.69 Å². The molecule has 2 aromatic carbocycles. The minimum Gasteiger partial charge on any atom is -0.456 e. The van der Waals surface area contributed by atoms with Gasteiger partial charge in [-0.2, -0.15) is 0 Å². The van der Waals surface area contributed by atoms with E-state index in [4.69, 9.17) is 10.5 Å². The molecule has 0 radical (unpaired) electrons. The van der Waals surface area contributed by atoms with E-state index in [2.05, 4.69) is 48.6 Å². The largest absolute Gasteiger partial charge is 0.456 e. The molecule has 0 saturated heterocycles. The fourth-order valence-corrected chi connectivity index (χ4v) is 2.30. The van der Waals surface area contributed by atoms with Gasteiger partial charge in [-0.25, -0.2) is 0 Å². The molecule has 2 aromatic rings. The number of nitrogens with two attached hydrogens (primary N) is 1. The van der Waals surface area contributed by atoms with E-state index in [1.165, 1.54) is 5.56 Å². The van der Waals surface area contributed by atoms with Gasteiger partial charge in [0.05, 0.1) is 3.57 Å². The molecule has 94 valence electrons. The summed E-state index contributed by atoms with van der Waals surface area (Å²) in [6.45, 7) is 4.36. The smallest absolute Gasteiger partial charge is 0.140 e. The molecule has 2 nitrogen and oxygen atoms in total. The fraction of sp³-hybridized carbons (Fsp3) is 0.200. The molecule has 0 heterocycles. The average Bonchev–Trinajstić information content (AvgIpc) is 2.33. The van der Waals surface area contributed by atoms with Crippen LogP contribution in [0.2, 0.25) is 0 Å². The van der Waals surface area contributed by atoms with Gasteiger partial charge in [0.1, 0.15) is 11.5 Å². The summed E-state index contributed by atoms with van der Waals surface area (Å²) in [6.07, 6.45) is 0. The van der Waals surface area contributed by atoms with Crippen LogP contribution in [0.4, 0.5) is 5.69 Å². The van der Waals surface area contributed by atoms with Crippen molar-refractivity contribution in [2.75, 3.05) is 5.73 Å². The Morgan fingerprint density at radius 3 is 2.28 bits per heavy atom. The molecule has 0 aromatic heterocycles. The van der Waals surface area contributed by atoms with Crippen molar-refractivity contribution in [3.8, 4) is 11.5 Å². The summed E-state index contributed by atoms with van der Waals surface area (Å²) in [5.41, 5.74) is 7.78. The molecule has 0 fully saturated rings. The van der Waals surface area contributed by atoms with Crippen LogP contribution in [0.5, 0.6) is 11.5 Å². The van der Waals surface area contributed by atoms with Crippen LogP contribution < -0.4 is 10.5 Å². The van der Waals surface area contributed by atoms with Crippen molar-refractivity contribution in [2.24, 2.45) is 0 Å². The molecule has 0 bridgehead atoms. The molecule has 0 aliphatic heterocycles. The Hall–Kier alpha value is -1.23. The van der Waals surface area contributed by atoms with Crippen LogP contribution in [0.15, 0.2) is 42.5 Å². The molecular formula is C15H16INO. The van der Waals surface area contributed by atoms with E-state index < -0.39 is 0 Å². The molecule has 0 aliphatic rings. The fourth-order valence-electron chi connectivity index (χ4n) is 1.65. The van der Waals surface area contributed by atoms with E-state index in [1.54, 1.807) is 0 Å². The second-order valence-electron chi connectivity index (χ2n) is 4.52. The molecule has 0 unspecified atom stereocenters. The maximum absolute atomic E-state index is 5.84. The Morgan fingerprint density at radius 1 is 1.06 bits per heavy atom. The Labute approximate surface area is 121 Å². The number of anilines is 1. The minimum absolute atomic E-state index is 0.538. The molecule has 2 N–H and O–H groups in total. The van der Waals surface area contributed by atoms with Gasteiger partial charge >= 0.3 is 0 Å². The number of ether oxygens (including phenoxy) is 1. The van der Waals surface area contributed by atoms with E-state index in [0.717, 1.165) is 20.8 Å². The monoisotopic (exact) mass is 353 g/mol. The van der Waals surface area contributed by atoms with Gasteiger partial charge in [0.25, 0.3) is 0 Å². The predicted octanol–water partition coefficient (Wildman–Crippen LogP) is 4.79. The van der Waals surface area contributed by atoms with Crippen LogP contribution in [0, 0.1) is 3.57 Å². The maximum Gasteiger partial charge on any atom is 0.140 e. The SMILES string of the molecule is CC(C)c1ccc(Oc2ccc(N)cc2I)cc1. The van der Waals surface area contributed by atoms with E-state index in [1.807, 2.05) is 30.3 Å². The van der Waals surface area contributed by atoms with Crippen LogP contribution >= 0.6 is 22.6 Å². The highest BCUT2D eigenvalue weighted by Gasteiger charge is 2.04. The zero-order valence-electron chi connectivity index (χ0n) is 10.5. The van der Waals surface area contributed by atoms with Gasteiger partial charge in [0.2, 0.25) is 0 Å². The summed E-state index contributed by atoms with van der Waals surface area (Å²) in [5, 5.41) is 0. The molecular weight excluding hydrogens is 337 g/mol. The van der Waals surface area contributed by atoms with Crippen molar-refractivity contribution in [1.82, 2.24) is 0 Å². The first-order chi connectivity index (χ1) is 8.56. The topological polar surface area (TPSA) is 35.2 Å². The number of hydrogen-bond acceptors (Lipinski definition) is 2. The van der Waals surface area contributed by atoms with Crippen LogP contribution in [0.25, 0.3) is 0 Å². The first-order valence-corrected chi connectivity index (χ1v) is 6.97. The standard InChI is InChI=1S/C15H16INO/c1-10(2)11-3-6-13(7-4-11)18-15-8-5-12(17)9-14(15)16/h3-10H,17H2,1-2H3. The molecule has 18 heavy (non-hydrogen) atoms. The lowest BCUT2D eigenvalue weighted by Gasteiger charge is -2.10. The summed E-state index contributed by atoms with van der Waals surface area (Å²) in [7, 11) is 0. The normalized spacial score (nSPS) is 10.7. The zero-order chi connectivity index (χ0) is 13.1. The van der Waals surface area contributed by atoms with Crippen molar-refractivity contribution in [3.05, 3.63) is 51.6 Å². The minimum atomic E-state index is 0.538. The van der Waals surface area contributed by atoms with Crippen molar-refractivity contribution in [2.45, 2.75) is 19.8 Å². The highest BCUT2D eigenvalue weighted by molar-refractivity contribution is 14.1. The molecule has 0 saturated carbocycles. The quantitative estimate of drug-likeness (QED) is 0.636. The Kier molecular flexibility index (Phi) is 4.11. The number of hydrogen-bond donors (Lipinski definition) is 1. The summed E-state index contributed by atoms with van der Waals surface area (Å²) >= 11 is 2.23. The number of halogens is 1. The average molecular weight is 353 g/mol. The van der Waals surface area contributed by atoms with Crippen molar-refractivity contribution < 1.29 is 4.74 Å². The van der Waals surface area contributed by atoms with Crippen molar-refractivity contribution in [3.63, 3.8) is 0 Å². The van der Waals surface area contributed by atoms with Gasteiger partial charge in [-0.3, -0.25) is 0 Å². The van der Waals surface area contributed by atoms with E-state index in [0.29, 0.717) is 5.92 Å². The van der Waals surface area contributed by atoms with Gasteiger partial charge in [-0.15, -0.1) is 0 Å². The molecule has 2 rings (SSSR count). The van der Waals surface area contributed by atoms with Crippen LogP contribution in [0.1, 0.15) is 25.3 Å². The second-order valence-corrected chi connectivity index (χ2v) is 5.68. The van der Waals surface area contributed by atoms with Gasteiger partial charge in [-0.05, 0) is 64.4 Å². The Morgan fingerprint density at radius 2 is 1.72 bits per heavy atom. The van der Waals surface area contributed by atoms with Gasteiger partial charge < -0.3 is 10.5 Å². The third-order valence-electron chi connectivity index (χ3n) is 2.73. The number of benzene rings is 2. The molecule has 0 aliphatic carbocycles. The Balaban J connectivity index is 2.18. The Bertz CT molecular complexity index is 535. The lowest BCUT2D eigenvalue weighted by molar-refractivity contribution is 0.479. The van der Waals surface area contributed by atoms with E-state index >= 15 is 0 Å². The number of rotatable bonds is 3. The molecule has 0 amide bonds. The summed E-state index contributed by atoms with van der Waals surface area (Å²) in [6, 6.07) is 13.9. The molecule has 0 atom stereocenters. The first-order valence-electron chi connectivity index (χ1n) is 5.89. The van der Waals surface area contributed by atoms with E-state index in [9.17, 15) is 0 Å².